The van der Waals surface area contributed by atoms with E-state index in [2.05, 4.69) is 15.8 Å². The number of nitrogens with one attached hydrogen (secondary N) is 2. The van der Waals surface area contributed by atoms with Crippen LogP contribution in [0, 0.1) is 12.8 Å². The first-order chi connectivity index (χ1) is 7.63. The van der Waals surface area contributed by atoms with Crippen LogP contribution in [0.1, 0.15) is 25.3 Å². The van der Waals surface area contributed by atoms with E-state index < -0.39 is 0 Å². The van der Waals surface area contributed by atoms with Gasteiger partial charge in [0.15, 0.2) is 5.76 Å². The fraction of sp³-hybridized carbons (Fsp3) is 0.636. The molecule has 2 N–H and O–H groups in total. The smallest absolute Gasteiger partial charge is 0.224 e. The number of hydrogen-bond donors (Lipinski definition) is 2. The summed E-state index contributed by atoms with van der Waals surface area (Å²) in [6, 6.07) is 1.81. The third kappa shape index (κ3) is 4.02. The zero-order valence-electron chi connectivity index (χ0n) is 10.0. The lowest BCUT2D eigenvalue weighted by Crippen LogP contribution is -2.34. The third-order valence-electron chi connectivity index (χ3n) is 2.26. The molecule has 0 aliphatic carbocycles. The van der Waals surface area contributed by atoms with Gasteiger partial charge in [0.25, 0.3) is 0 Å². The number of nitrogens with zero attached hydrogens (tertiary/aromatic N) is 1. The molecule has 0 saturated heterocycles. The molecule has 0 spiro atoms. The average Bonchev–Trinajstić information content (AvgIpc) is 2.68. The monoisotopic (exact) mass is 225 g/mol. The molecule has 1 unspecified atom stereocenters. The van der Waals surface area contributed by atoms with Crippen LogP contribution in [0.5, 0.6) is 0 Å². The maximum Gasteiger partial charge on any atom is 0.224 e. The van der Waals surface area contributed by atoms with Crippen molar-refractivity contribution in [2.24, 2.45) is 5.92 Å². The van der Waals surface area contributed by atoms with Gasteiger partial charge < -0.3 is 15.2 Å². The molecule has 0 radical (unpaired) electrons. The van der Waals surface area contributed by atoms with E-state index in [1.54, 1.807) is 0 Å². The van der Waals surface area contributed by atoms with E-state index in [-0.39, 0.29) is 11.8 Å². The largest absolute Gasteiger partial charge is 0.359 e. The van der Waals surface area contributed by atoms with Gasteiger partial charge in [-0.3, -0.25) is 4.79 Å². The molecule has 0 aliphatic heterocycles. The summed E-state index contributed by atoms with van der Waals surface area (Å²) in [5.74, 6) is 0.667. The summed E-state index contributed by atoms with van der Waals surface area (Å²) in [5, 5.41) is 9.69. The fourth-order valence-corrected chi connectivity index (χ4v) is 1.30. The predicted octanol–water partition coefficient (Wildman–Crippen LogP) is 0.845. The van der Waals surface area contributed by atoms with Crippen molar-refractivity contribution in [1.82, 2.24) is 15.8 Å². The molecule has 1 amide bonds. The van der Waals surface area contributed by atoms with Crippen molar-refractivity contribution in [1.29, 1.82) is 0 Å². The Morgan fingerprint density at radius 2 is 2.38 bits per heavy atom. The van der Waals surface area contributed by atoms with Crippen LogP contribution in [0.15, 0.2) is 10.6 Å². The van der Waals surface area contributed by atoms with Crippen molar-refractivity contribution < 1.29 is 9.32 Å². The first kappa shape index (κ1) is 12.7. The molecule has 90 valence electrons. The summed E-state index contributed by atoms with van der Waals surface area (Å²) in [6.07, 6.45) is 0. The highest BCUT2D eigenvalue weighted by atomic mass is 16.5. The first-order valence-electron chi connectivity index (χ1n) is 5.54. The third-order valence-corrected chi connectivity index (χ3v) is 2.26. The molecular weight excluding hydrogens is 206 g/mol. The van der Waals surface area contributed by atoms with Crippen molar-refractivity contribution in [2.75, 3.05) is 13.1 Å². The molecule has 0 fully saturated rings. The van der Waals surface area contributed by atoms with Gasteiger partial charge in [-0.15, -0.1) is 0 Å². The molecular formula is C11H19N3O2. The molecule has 0 saturated carbocycles. The lowest BCUT2D eigenvalue weighted by molar-refractivity contribution is -0.124. The molecule has 1 aromatic rings. The Balaban J connectivity index is 2.29. The van der Waals surface area contributed by atoms with E-state index in [4.69, 9.17) is 4.52 Å². The van der Waals surface area contributed by atoms with Crippen molar-refractivity contribution in [3.05, 3.63) is 17.5 Å². The summed E-state index contributed by atoms with van der Waals surface area (Å²) in [7, 11) is 0. The van der Waals surface area contributed by atoms with Gasteiger partial charge in [0.1, 0.15) is 0 Å². The second kappa shape index (κ2) is 6.27. The summed E-state index contributed by atoms with van der Waals surface area (Å²) in [4.78, 5) is 11.6. The Kier molecular flexibility index (Phi) is 4.98. The molecule has 5 heteroatoms. The van der Waals surface area contributed by atoms with E-state index in [9.17, 15) is 4.79 Å². The standard InChI is InChI=1S/C11H19N3O2/c1-4-12-6-8(2)11(15)13-7-10-5-9(3)14-16-10/h5,8,12H,4,6-7H2,1-3H3,(H,13,15). The van der Waals surface area contributed by atoms with Crippen LogP contribution < -0.4 is 10.6 Å². The Labute approximate surface area is 95.6 Å². The normalized spacial score (nSPS) is 12.4. The quantitative estimate of drug-likeness (QED) is 0.753. The van der Waals surface area contributed by atoms with Crippen LogP contribution in [-0.4, -0.2) is 24.2 Å². The molecule has 1 heterocycles. The average molecular weight is 225 g/mol. The van der Waals surface area contributed by atoms with Crippen LogP contribution in [0.3, 0.4) is 0 Å². The highest BCUT2D eigenvalue weighted by molar-refractivity contribution is 5.78. The Morgan fingerprint density at radius 1 is 1.62 bits per heavy atom. The lowest BCUT2D eigenvalue weighted by atomic mass is 10.1. The van der Waals surface area contributed by atoms with Gasteiger partial charge in [0.2, 0.25) is 5.91 Å². The summed E-state index contributed by atoms with van der Waals surface area (Å²) >= 11 is 0. The maximum absolute atomic E-state index is 11.6. The van der Waals surface area contributed by atoms with Crippen LogP contribution in [0.2, 0.25) is 0 Å². The van der Waals surface area contributed by atoms with E-state index >= 15 is 0 Å². The predicted molar refractivity (Wildman–Crippen MR) is 60.8 cm³/mol. The topological polar surface area (TPSA) is 67.2 Å². The van der Waals surface area contributed by atoms with Crippen molar-refractivity contribution in [2.45, 2.75) is 27.3 Å². The molecule has 1 rings (SSSR count). The Hall–Kier alpha value is -1.36. The SMILES string of the molecule is CCNCC(C)C(=O)NCc1cc(C)no1. The number of amides is 1. The highest BCUT2D eigenvalue weighted by Gasteiger charge is 2.12. The van der Waals surface area contributed by atoms with Crippen molar-refractivity contribution in [3.8, 4) is 0 Å². The van der Waals surface area contributed by atoms with Crippen molar-refractivity contribution >= 4 is 5.91 Å². The zero-order chi connectivity index (χ0) is 12.0. The van der Waals surface area contributed by atoms with Gasteiger partial charge in [-0.2, -0.15) is 0 Å². The molecule has 1 atom stereocenters. The summed E-state index contributed by atoms with van der Waals surface area (Å²) in [5.41, 5.74) is 0.824. The van der Waals surface area contributed by atoms with Crippen LogP contribution >= 0.6 is 0 Å². The molecule has 1 aromatic heterocycles. The van der Waals surface area contributed by atoms with E-state index in [0.29, 0.717) is 18.8 Å². The van der Waals surface area contributed by atoms with Gasteiger partial charge in [-0.1, -0.05) is 19.0 Å². The van der Waals surface area contributed by atoms with Crippen LogP contribution in [0.4, 0.5) is 0 Å². The van der Waals surface area contributed by atoms with Crippen LogP contribution in [-0.2, 0) is 11.3 Å². The minimum Gasteiger partial charge on any atom is -0.359 e. The second-order valence-corrected chi connectivity index (χ2v) is 3.86. The first-order valence-corrected chi connectivity index (χ1v) is 5.54. The summed E-state index contributed by atoms with van der Waals surface area (Å²) < 4.78 is 5.00. The highest BCUT2D eigenvalue weighted by Crippen LogP contribution is 2.02. The zero-order valence-corrected chi connectivity index (χ0v) is 10.0. The van der Waals surface area contributed by atoms with E-state index in [0.717, 1.165) is 12.2 Å². The lowest BCUT2D eigenvalue weighted by Gasteiger charge is -2.11. The number of carbonyl (C=O) groups excluding carboxylic acids is 1. The Bertz CT molecular complexity index is 336. The minimum absolute atomic E-state index is 0.0232. The molecule has 0 bridgehead atoms. The number of hydrogen-bond acceptors (Lipinski definition) is 4. The molecule has 0 aliphatic rings. The second-order valence-electron chi connectivity index (χ2n) is 3.86. The Morgan fingerprint density at radius 3 is 2.94 bits per heavy atom. The van der Waals surface area contributed by atoms with Crippen molar-refractivity contribution in [3.63, 3.8) is 0 Å². The van der Waals surface area contributed by atoms with E-state index in [1.165, 1.54) is 0 Å². The van der Waals surface area contributed by atoms with Gasteiger partial charge >= 0.3 is 0 Å². The molecule has 5 nitrogen and oxygen atoms in total. The molecule has 0 aromatic carbocycles. The minimum atomic E-state index is -0.0380. The van der Waals surface area contributed by atoms with Gasteiger partial charge in [-0.25, -0.2) is 0 Å². The maximum atomic E-state index is 11.6. The van der Waals surface area contributed by atoms with Gasteiger partial charge in [-0.05, 0) is 13.5 Å². The number of aryl methyl sites for hydroxylation is 1. The van der Waals surface area contributed by atoms with Crippen LogP contribution in [0.25, 0.3) is 0 Å². The van der Waals surface area contributed by atoms with Gasteiger partial charge in [0, 0.05) is 18.5 Å². The summed E-state index contributed by atoms with van der Waals surface area (Å²) in [6.45, 7) is 7.72. The fourth-order valence-electron chi connectivity index (χ4n) is 1.30. The number of aromatic nitrogens is 1. The van der Waals surface area contributed by atoms with Gasteiger partial charge in [0.05, 0.1) is 12.2 Å². The number of rotatable bonds is 6. The molecule has 16 heavy (non-hydrogen) atoms. The number of carbonyl (C=O) groups is 1. The van der Waals surface area contributed by atoms with E-state index in [1.807, 2.05) is 26.8 Å².